The van der Waals surface area contributed by atoms with Crippen molar-refractivity contribution in [2.45, 2.75) is 6.17 Å². The molecule has 58 heavy (non-hydrogen) atoms. The third kappa shape index (κ3) is 5.26. The lowest BCUT2D eigenvalue weighted by Crippen LogP contribution is -2.33. The minimum Gasteiger partial charge on any atom is -0.344 e. The van der Waals surface area contributed by atoms with Gasteiger partial charge in [0.1, 0.15) is 16.8 Å². The van der Waals surface area contributed by atoms with Crippen molar-refractivity contribution in [3.63, 3.8) is 0 Å². The third-order valence-corrected chi connectivity index (χ3v) is 12.5. The Morgan fingerprint density at radius 1 is 0.500 bits per heavy atom. The highest BCUT2D eigenvalue weighted by atomic mass is 32.1. The van der Waals surface area contributed by atoms with E-state index in [4.69, 9.17) is 15.0 Å². The van der Waals surface area contributed by atoms with Crippen LogP contribution < -0.4 is 5.32 Å². The molecule has 1 aliphatic heterocycles. The first-order valence-corrected chi connectivity index (χ1v) is 20.4. The summed E-state index contributed by atoms with van der Waals surface area (Å²) in [7, 11) is 0. The van der Waals surface area contributed by atoms with E-state index in [-0.39, 0.29) is 6.17 Å². The molecule has 0 radical (unpaired) electrons. The monoisotopic (exact) mass is 759 g/mol. The van der Waals surface area contributed by atoms with Crippen molar-refractivity contribution < 1.29 is 0 Å². The van der Waals surface area contributed by atoms with Crippen LogP contribution >= 0.6 is 11.3 Å². The molecule has 1 atom stereocenters. The zero-order valence-electron chi connectivity index (χ0n) is 31.2. The number of nitrogens with zero attached hydrogens (tertiary/aromatic N) is 4. The number of para-hydroxylation sites is 2. The molecule has 6 heteroatoms. The van der Waals surface area contributed by atoms with Crippen molar-refractivity contribution >= 4 is 86.7 Å². The quantitative estimate of drug-likeness (QED) is 0.190. The van der Waals surface area contributed by atoms with E-state index in [2.05, 4.69) is 198 Å². The molecule has 272 valence electrons. The molecule has 0 aliphatic carbocycles. The highest BCUT2D eigenvalue weighted by molar-refractivity contribution is 7.25. The molecule has 5 nitrogen and oxygen atoms in total. The lowest BCUT2D eigenvalue weighted by Gasteiger charge is -2.24. The Morgan fingerprint density at radius 3 is 1.93 bits per heavy atom. The minimum absolute atomic E-state index is 0.373. The van der Waals surface area contributed by atoms with E-state index in [1.807, 2.05) is 0 Å². The molecule has 11 aromatic rings. The average Bonchev–Trinajstić information content (AvgIpc) is 3.85. The summed E-state index contributed by atoms with van der Waals surface area (Å²) >= 11 is 1.75. The third-order valence-electron chi connectivity index (χ3n) is 11.4. The van der Waals surface area contributed by atoms with Gasteiger partial charge in [0.25, 0.3) is 0 Å². The second kappa shape index (κ2) is 13.1. The molecular formula is C52H33N5S. The van der Waals surface area contributed by atoms with Gasteiger partial charge in [-0.1, -0.05) is 152 Å². The number of rotatable bonds is 5. The van der Waals surface area contributed by atoms with Crippen LogP contribution in [0.3, 0.4) is 0 Å². The van der Waals surface area contributed by atoms with E-state index >= 15 is 0 Å². The van der Waals surface area contributed by atoms with Gasteiger partial charge in [0.15, 0.2) is 5.84 Å². The maximum Gasteiger partial charge on any atom is 0.159 e. The molecule has 12 rings (SSSR count). The summed E-state index contributed by atoms with van der Waals surface area (Å²) < 4.78 is 3.61. The van der Waals surface area contributed by atoms with Crippen LogP contribution in [0.2, 0.25) is 0 Å². The summed E-state index contributed by atoms with van der Waals surface area (Å²) in [4.78, 5) is 16.9. The van der Waals surface area contributed by atoms with Gasteiger partial charge in [-0.2, -0.15) is 0 Å². The largest absolute Gasteiger partial charge is 0.344 e. The molecule has 3 aromatic heterocycles. The fraction of sp³-hybridized carbons (Fsp3) is 0.0192. The lowest BCUT2D eigenvalue weighted by atomic mass is 9.99. The summed E-state index contributed by atoms with van der Waals surface area (Å²) in [6.45, 7) is 0. The van der Waals surface area contributed by atoms with Crippen molar-refractivity contribution in [3.8, 4) is 16.9 Å². The minimum atomic E-state index is -0.373. The van der Waals surface area contributed by atoms with E-state index in [1.54, 1.807) is 11.3 Å². The van der Waals surface area contributed by atoms with Crippen LogP contribution in [0.5, 0.6) is 0 Å². The summed E-state index contributed by atoms with van der Waals surface area (Å²) in [5.41, 5.74) is 8.49. The first kappa shape index (κ1) is 32.8. The molecule has 4 heterocycles. The molecule has 0 saturated heterocycles. The molecule has 0 saturated carbocycles. The maximum absolute atomic E-state index is 5.30. The fourth-order valence-corrected chi connectivity index (χ4v) is 9.80. The van der Waals surface area contributed by atoms with Crippen LogP contribution in [0.25, 0.3) is 80.6 Å². The SMILES string of the molecule is c1cc(C2N=C(c3ccc4ccccc4c3)N=C(c3ccc(-c4nc5sc6ccccc6c5c5ccccc45)cc3)N2)cc(-n2c3ccccc3c3ccccc32)c1. The molecule has 0 bridgehead atoms. The number of thiophene rings is 1. The predicted molar refractivity (Wildman–Crippen MR) is 244 cm³/mol. The second-order valence-electron chi connectivity index (χ2n) is 14.8. The summed E-state index contributed by atoms with van der Waals surface area (Å²) in [5, 5.41) is 13.4. The number of benzene rings is 8. The van der Waals surface area contributed by atoms with Gasteiger partial charge in [-0.05, 0) is 58.1 Å². The zero-order chi connectivity index (χ0) is 38.2. The number of amidine groups is 2. The zero-order valence-corrected chi connectivity index (χ0v) is 32.0. The van der Waals surface area contributed by atoms with Crippen LogP contribution in [-0.2, 0) is 0 Å². The molecule has 8 aromatic carbocycles. The van der Waals surface area contributed by atoms with Crippen molar-refractivity contribution in [1.29, 1.82) is 0 Å². The van der Waals surface area contributed by atoms with Crippen LogP contribution in [0, 0.1) is 0 Å². The number of aliphatic imine (C=N–C) groups is 2. The van der Waals surface area contributed by atoms with E-state index < -0.39 is 0 Å². The second-order valence-corrected chi connectivity index (χ2v) is 15.9. The molecule has 1 unspecified atom stereocenters. The molecule has 0 amide bonds. The van der Waals surface area contributed by atoms with Gasteiger partial charge >= 0.3 is 0 Å². The van der Waals surface area contributed by atoms with Crippen molar-refractivity contribution in [3.05, 3.63) is 205 Å². The summed E-state index contributed by atoms with van der Waals surface area (Å²) in [5.74, 6) is 1.47. The van der Waals surface area contributed by atoms with Crippen LogP contribution in [-0.4, -0.2) is 21.2 Å². The Kier molecular flexibility index (Phi) is 7.40. The summed E-state index contributed by atoms with van der Waals surface area (Å²) in [6.07, 6.45) is -0.373. The lowest BCUT2D eigenvalue weighted by molar-refractivity contribution is 0.674. The maximum atomic E-state index is 5.30. The smallest absolute Gasteiger partial charge is 0.159 e. The first-order chi connectivity index (χ1) is 28.7. The average molecular weight is 760 g/mol. The Hall–Kier alpha value is -7.41. The standard InChI is InChI=1S/C52H33N5S/c1-2-13-35-30-37(29-24-32(35)12-1)51-55-49(54-50(56-51)36-14-11-15-38(31-36)57-44-21-8-5-16-39(44)40-17-6-9-22-45(40)57)34-27-25-33(26-28-34)48-42-19-4-3-18-41(42)47-43-20-7-10-23-46(43)58-52(47)53-48/h1-31,50H,(H,54,55,56). The van der Waals surface area contributed by atoms with E-state index in [1.165, 1.54) is 48.1 Å². The van der Waals surface area contributed by atoms with Gasteiger partial charge in [-0.25, -0.2) is 15.0 Å². The van der Waals surface area contributed by atoms with Gasteiger partial charge in [0, 0.05) is 54.0 Å². The van der Waals surface area contributed by atoms with E-state index in [0.29, 0.717) is 5.84 Å². The molecule has 0 spiro atoms. The van der Waals surface area contributed by atoms with Crippen LogP contribution in [0.4, 0.5) is 0 Å². The van der Waals surface area contributed by atoms with Gasteiger partial charge < -0.3 is 9.88 Å². The number of hydrogen-bond donors (Lipinski definition) is 1. The number of pyridine rings is 1. The number of aromatic nitrogens is 2. The van der Waals surface area contributed by atoms with Gasteiger partial charge in [0.05, 0.1) is 16.7 Å². The van der Waals surface area contributed by atoms with Crippen molar-refractivity contribution in [1.82, 2.24) is 14.9 Å². The first-order valence-electron chi connectivity index (χ1n) is 19.6. The Bertz CT molecular complexity index is 3450. The normalized spacial score (nSPS) is 14.4. The molecule has 0 fully saturated rings. The van der Waals surface area contributed by atoms with Crippen LogP contribution in [0.1, 0.15) is 22.9 Å². The molecular weight excluding hydrogens is 727 g/mol. The highest BCUT2D eigenvalue weighted by Crippen LogP contribution is 2.41. The predicted octanol–water partition coefficient (Wildman–Crippen LogP) is 13.0. The van der Waals surface area contributed by atoms with Gasteiger partial charge in [0.2, 0.25) is 0 Å². The van der Waals surface area contributed by atoms with E-state index in [9.17, 15) is 0 Å². The number of hydrogen-bond acceptors (Lipinski definition) is 5. The molecule has 1 aliphatic rings. The summed E-state index contributed by atoms with van der Waals surface area (Å²) in [6, 6.07) is 66.8. The van der Waals surface area contributed by atoms with Crippen molar-refractivity contribution in [2.75, 3.05) is 0 Å². The fourth-order valence-electron chi connectivity index (χ4n) is 8.71. The topological polar surface area (TPSA) is 54.6 Å². The van der Waals surface area contributed by atoms with Crippen LogP contribution in [0.15, 0.2) is 198 Å². The number of nitrogens with one attached hydrogen (secondary N) is 1. The van der Waals surface area contributed by atoms with E-state index in [0.717, 1.165) is 55.1 Å². The number of fused-ring (bicyclic) bond motifs is 9. The Balaban J connectivity index is 0.967. The van der Waals surface area contributed by atoms with Crippen molar-refractivity contribution in [2.24, 2.45) is 9.98 Å². The molecule has 1 N–H and O–H groups in total. The van der Waals surface area contributed by atoms with Gasteiger partial charge in [-0.15, -0.1) is 11.3 Å². The highest BCUT2D eigenvalue weighted by Gasteiger charge is 2.23. The Morgan fingerprint density at radius 2 is 1.14 bits per heavy atom. The van der Waals surface area contributed by atoms with Gasteiger partial charge in [-0.3, -0.25) is 0 Å². The Labute approximate surface area is 337 Å².